The fourth-order valence-electron chi connectivity index (χ4n) is 1.92. The second-order valence-electron chi connectivity index (χ2n) is 4.10. The zero-order chi connectivity index (χ0) is 15.6. The second-order valence-corrected chi connectivity index (χ2v) is 4.96. The molecule has 3 N–H and O–H groups in total. The summed E-state index contributed by atoms with van der Waals surface area (Å²) >= 11 is 3.32. The minimum atomic E-state index is -1.22. The molecular weight excluding hydrogens is 344 g/mol. The van der Waals surface area contributed by atoms with Crippen LogP contribution in [0.4, 0.5) is 0 Å². The van der Waals surface area contributed by atoms with E-state index in [4.69, 9.17) is 14.6 Å². The third-order valence-corrected chi connectivity index (χ3v) is 3.63. The molecule has 0 aliphatic rings. The summed E-state index contributed by atoms with van der Waals surface area (Å²) in [6.07, 6.45) is 0.0178. The Kier molecular flexibility index (Phi) is 4.49. The highest BCUT2D eigenvalue weighted by Crippen LogP contribution is 2.37. The maximum Gasteiger partial charge on any atom is 0.356 e. The molecule has 2 aromatic rings. The van der Waals surface area contributed by atoms with Gasteiger partial charge in [-0.05, 0) is 12.1 Å². The zero-order valence-corrected chi connectivity index (χ0v) is 12.8. The van der Waals surface area contributed by atoms with Crippen LogP contribution >= 0.6 is 15.9 Å². The number of aliphatic hydroxyl groups excluding tert-OH is 1. The van der Waals surface area contributed by atoms with E-state index in [-0.39, 0.29) is 11.4 Å². The van der Waals surface area contributed by atoms with Crippen molar-refractivity contribution in [3.8, 4) is 11.5 Å². The van der Waals surface area contributed by atoms with Crippen LogP contribution in [0.1, 0.15) is 27.8 Å². The maximum absolute atomic E-state index is 11.1. The SMILES string of the molecule is COc1cc(Br)c(C(O)c2[nH]cnc2C(=O)O)cc1OC. The van der Waals surface area contributed by atoms with Crippen molar-refractivity contribution >= 4 is 21.9 Å². The molecule has 7 nitrogen and oxygen atoms in total. The third kappa shape index (κ3) is 2.86. The van der Waals surface area contributed by atoms with Crippen LogP contribution in [0.2, 0.25) is 0 Å². The first kappa shape index (κ1) is 15.3. The molecule has 1 unspecified atom stereocenters. The van der Waals surface area contributed by atoms with Crippen LogP contribution in [0.5, 0.6) is 11.5 Å². The van der Waals surface area contributed by atoms with E-state index in [1.165, 1.54) is 20.5 Å². The Bertz CT molecular complexity index is 671. The van der Waals surface area contributed by atoms with Gasteiger partial charge in [0.1, 0.15) is 6.10 Å². The highest BCUT2D eigenvalue weighted by atomic mass is 79.9. The first-order chi connectivity index (χ1) is 9.99. The quantitative estimate of drug-likeness (QED) is 0.756. The summed E-state index contributed by atoms with van der Waals surface area (Å²) < 4.78 is 10.9. The number of carboxylic acid groups (broad SMARTS) is 1. The predicted octanol–water partition coefficient (Wildman–Crippen LogP) is 1.97. The van der Waals surface area contributed by atoms with Crippen molar-refractivity contribution in [3.63, 3.8) is 0 Å². The molecule has 21 heavy (non-hydrogen) atoms. The maximum atomic E-state index is 11.1. The third-order valence-electron chi connectivity index (χ3n) is 2.94. The predicted molar refractivity (Wildman–Crippen MR) is 76.9 cm³/mol. The largest absolute Gasteiger partial charge is 0.493 e. The van der Waals surface area contributed by atoms with Gasteiger partial charge in [-0.2, -0.15) is 0 Å². The van der Waals surface area contributed by atoms with Crippen LogP contribution in [0.3, 0.4) is 0 Å². The molecule has 0 aliphatic carbocycles. The number of hydrogen-bond donors (Lipinski definition) is 3. The van der Waals surface area contributed by atoms with Crippen LogP contribution in [0.15, 0.2) is 22.9 Å². The number of ether oxygens (including phenoxy) is 2. The van der Waals surface area contributed by atoms with Gasteiger partial charge in [0, 0.05) is 10.0 Å². The van der Waals surface area contributed by atoms with E-state index >= 15 is 0 Å². The van der Waals surface area contributed by atoms with E-state index in [1.807, 2.05) is 0 Å². The van der Waals surface area contributed by atoms with Crippen LogP contribution in [-0.4, -0.2) is 40.4 Å². The molecule has 1 aromatic carbocycles. The van der Waals surface area contributed by atoms with Gasteiger partial charge >= 0.3 is 5.97 Å². The first-order valence-corrected chi connectivity index (χ1v) is 6.65. The average Bonchev–Trinajstić information content (AvgIpc) is 2.95. The van der Waals surface area contributed by atoms with Crippen molar-refractivity contribution in [2.75, 3.05) is 14.2 Å². The number of hydrogen-bond acceptors (Lipinski definition) is 5. The van der Waals surface area contributed by atoms with Gasteiger partial charge in [-0.1, -0.05) is 15.9 Å². The van der Waals surface area contributed by atoms with Crippen LogP contribution in [0, 0.1) is 0 Å². The first-order valence-electron chi connectivity index (χ1n) is 5.85. The zero-order valence-electron chi connectivity index (χ0n) is 11.3. The van der Waals surface area contributed by atoms with E-state index < -0.39 is 12.1 Å². The molecule has 1 heterocycles. The Hall–Kier alpha value is -2.06. The van der Waals surface area contributed by atoms with Gasteiger partial charge in [0.25, 0.3) is 0 Å². The minimum Gasteiger partial charge on any atom is -0.493 e. The summed E-state index contributed by atoms with van der Waals surface area (Å²) in [5.41, 5.74) is 0.291. The fourth-order valence-corrected chi connectivity index (χ4v) is 2.46. The van der Waals surface area contributed by atoms with Gasteiger partial charge < -0.3 is 24.7 Å². The second kappa shape index (κ2) is 6.15. The topological polar surface area (TPSA) is 105 Å². The number of aromatic amines is 1. The van der Waals surface area contributed by atoms with Crippen molar-refractivity contribution in [1.82, 2.24) is 9.97 Å². The number of imidazole rings is 1. The molecule has 0 spiro atoms. The van der Waals surface area contributed by atoms with Gasteiger partial charge in [-0.3, -0.25) is 0 Å². The van der Waals surface area contributed by atoms with Crippen molar-refractivity contribution in [1.29, 1.82) is 0 Å². The van der Waals surface area contributed by atoms with E-state index in [9.17, 15) is 9.90 Å². The lowest BCUT2D eigenvalue weighted by atomic mass is 10.0. The normalized spacial score (nSPS) is 12.0. The molecule has 8 heteroatoms. The summed E-state index contributed by atoms with van der Waals surface area (Å²) in [5.74, 6) is -0.309. The monoisotopic (exact) mass is 356 g/mol. The Morgan fingerprint density at radius 2 is 1.95 bits per heavy atom. The number of nitrogens with one attached hydrogen (secondary N) is 1. The van der Waals surface area contributed by atoms with Gasteiger partial charge in [-0.15, -0.1) is 0 Å². The Morgan fingerprint density at radius 3 is 2.52 bits per heavy atom. The number of H-pyrrole nitrogens is 1. The lowest BCUT2D eigenvalue weighted by molar-refractivity contribution is 0.0685. The van der Waals surface area contributed by atoms with Crippen LogP contribution in [0.25, 0.3) is 0 Å². The summed E-state index contributed by atoms with van der Waals surface area (Å²) in [4.78, 5) is 17.4. The summed E-state index contributed by atoms with van der Waals surface area (Å²) in [7, 11) is 2.97. The van der Waals surface area contributed by atoms with E-state index in [0.717, 1.165) is 0 Å². The standard InChI is InChI=1S/C13H13BrN2O5/c1-20-8-3-6(7(14)4-9(8)21-2)12(17)10-11(13(18)19)16-5-15-10/h3-5,12,17H,1-2H3,(H,15,16)(H,18,19). The molecule has 2 rings (SSSR count). The van der Waals surface area contributed by atoms with Gasteiger partial charge in [-0.25, -0.2) is 9.78 Å². The number of halogens is 1. The highest BCUT2D eigenvalue weighted by Gasteiger charge is 2.24. The van der Waals surface area contributed by atoms with Crippen LogP contribution < -0.4 is 9.47 Å². The summed E-state index contributed by atoms with van der Waals surface area (Å²) in [6.45, 7) is 0. The van der Waals surface area contributed by atoms with Gasteiger partial charge in [0.15, 0.2) is 17.2 Å². The van der Waals surface area contributed by atoms with Gasteiger partial charge in [0.2, 0.25) is 0 Å². The van der Waals surface area contributed by atoms with Crippen LogP contribution in [-0.2, 0) is 0 Å². The van der Waals surface area contributed by atoms with E-state index in [0.29, 0.717) is 21.5 Å². The molecule has 0 bridgehead atoms. The molecule has 1 aromatic heterocycles. The molecule has 0 saturated heterocycles. The van der Waals surface area contributed by atoms with E-state index in [2.05, 4.69) is 25.9 Å². The average molecular weight is 357 g/mol. The number of benzene rings is 1. The number of nitrogens with zero attached hydrogens (tertiary/aromatic N) is 1. The number of carboxylic acids is 1. The van der Waals surface area contributed by atoms with Crippen molar-refractivity contribution in [2.45, 2.75) is 6.10 Å². The molecule has 0 aliphatic heterocycles. The Labute approximate surface area is 128 Å². The Balaban J connectivity index is 2.50. The molecule has 0 radical (unpaired) electrons. The number of aromatic nitrogens is 2. The highest BCUT2D eigenvalue weighted by molar-refractivity contribution is 9.10. The number of rotatable bonds is 5. The molecule has 0 amide bonds. The lowest BCUT2D eigenvalue weighted by Gasteiger charge is -2.16. The van der Waals surface area contributed by atoms with Crippen molar-refractivity contribution in [2.24, 2.45) is 0 Å². The number of aromatic carboxylic acids is 1. The lowest BCUT2D eigenvalue weighted by Crippen LogP contribution is -2.09. The molecule has 112 valence electrons. The fraction of sp³-hybridized carbons (Fsp3) is 0.231. The number of carbonyl (C=O) groups is 1. The molecule has 0 fully saturated rings. The molecule has 1 atom stereocenters. The van der Waals surface area contributed by atoms with Gasteiger partial charge in [0.05, 0.1) is 26.2 Å². The molecular formula is C13H13BrN2O5. The minimum absolute atomic E-state index is 0.0930. The van der Waals surface area contributed by atoms with Crippen molar-refractivity contribution in [3.05, 3.63) is 39.9 Å². The smallest absolute Gasteiger partial charge is 0.356 e. The number of aliphatic hydroxyl groups is 1. The van der Waals surface area contributed by atoms with Crippen molar-refractivity contribution < 1.29 is 24.5 Å². The number of methoxy groups -OCH3 is 2. The molecule has 0 saturated carbocycles. The van der Waals surface area contributed by atoms with E-state index in [1.54, 1.807) is 12.1 Å². The summed E-state index contributed by atoms with van der Waals surface area (Å²) in [5, 5.41) is 19.5. The Morgan fingerprint density at radius 1 is 1.33 bits per heavy atom. The summed E-state index contributed by atoms with van der Waals surface area (Å²) in [6, 6.07) is 3.20.